The van der Waals surface area contributed by atoms with Crippen LogP contribution in [0.25, 0.3) is 0 Å². The molecule has 8 atom stereocenters. The fraction of sp³-hybridized carbons (Fsp3) is 0.854. The van der Waals surface area contributed by atoms with Gasteiger partial charge in [0.2, 0.25) is 5.91 Å². The predicted octanol–water partition coefficient (Wildman–Crippen LogP) is 9.03. The molecule has 0 aromatic rings. The van der Waals surface area contributed by atoms with Crippen molar-refractivity contribution in [2.45, 2.75) is 250 Å². The van der Waals surface area contributed by atoms with Gasteiger partial charge in [0.15, 0.2) is 6.29 Å². The van der Waals surface area contributed by atoms with Gasteiger partial charge in [-0.25, -0.2) is 0 Å². The van der Waals surface area contributed by atoms with Crippen LogP contribution in [0.1, 0.15) is 201 Å². The van der Waals surface area contributed by atoms with Gasteiger partial charge in [0, 0.05) is 0 Å². The van der Waals surface area contributed by atoms with Gasteiger partial charge < -0.3 is 45.4 Å². The second-order valence-electron chi connectivity index (χ2n) is 16.9. The summed E-state index contributed by atoms with van der Waals surface area (Å²) >= 11 is 0. The van der Waals surface area contributed by atoms with Crippen LogP contribution in [0.2, 0.25) is 0 Å². The smallest absolute Gasteiger partial charge is 0.249 e. The number of aliphatic hydroxyl groups excluding tert-OH is 6. The number of carbonyl (C=O) groups excluding carboxylic acids is 1. The van der Waals surface area contributed by atoms with Crippen molar-refractivity contribution in [2.24, 2.45) is 0 Å². The van der Waals surface area contributed by atoms with Crippen molar-refractivity contribution in [1.82, 2.24) is 5.32 Å². The molecule has 1 aliphatic heterocycles. The van der Waals surface area contributed by atoms with Crippen LogP contribution in [0.5, 0.6) is 0 Å². The summed E-state index contributed by atoms with van der Waals surface area (Å²) in [5.41, 5.74) is 1.18. The van der Waals surface area contributed by atoms with Crippen molar-refractivity contribution < 1.29 is 44.9 Å². The molecule has 0 bridgehead atoms. The van der Waals surface area contributed by atoms with Crippen LogP contribution >= 0.6 is 0 Å². The summed E-state index contributed by atoms with van der Waals surface area (Å²) in [6.45, 7) is 5.63. The number of carbonyl (C=O) groups is 1. The number of ether oxygens (including phenoxy) is 2. The third-order valence-corrected chi connectivity index (χ3v) is 11.4. The van der Waals surface area contributed by atoms with Crippen LogP contribution in [-0.2, 0) is 14.3 Å². The lowest BCUT2D eigenvalue weighted by molar-refractivity contribution is -0.302. The van der Waals surface area contributed by atoms with E-state index < -0.39 is 61.5 Å². The summed E-state index contributed by atoms with van der Waals surface area (Å²) in [4.78, 5) is 13.1. The average molecular weight is 824 g/mol. The van der Waals surface area contributed by atoms with E-state index in [1.165, 1.54) is 134 Å². The Bertz CT molecular complexity index is 1050. The zero-order valence-corrected chi connectivity index (χ0v) is 37.1. The molecule has 10 heteroatoms. The summed E-state index contributed by atoms with van der Waals surface area (Å²) in [6.07, 6.45) is 33.4. The van der Waals surface area contributed by atoms with Gasteiger partial charge in [0.1, 0.15) is 30.5 Å². The molecule has 0 saturated carbocycles. The van der Waals surface area contributed by atoms with Gasteiger partial charge in [-0.15, -0.1) is 0 Å². The van der Waals surface area contributed by atoms with E-state index in [1.54, 1.807) is 6.08 Å². The lowest BCUT2D eigenvalue weighted by atomic mass is 9.99. The summed E-state index contributed by atoms with van der Waals surface area (Å²) in [5.74, 6) is -0.632. The Morgan fingerprint density at radius 1 is 0.655 bits per heavy atom. The van der Waals surface area contributed by atoms with E-state index in [-0.39, 0.29) is 6.61 Å². The van der Waals surface area contributed by atoms with E-state index in [0.717, 1.165) is 32.1 Å². The fourth-order valence-corrected chi connectivity index (χ4v) is 7.44. The normalized spacial score (nSPS) is 21.9. The molecular formula is C48H89NO9. The number of aliphatic hydroxyl groups is 6. The van der Waals surface area contributed by atoms with Crippen molar-refractivity contribution in [3.05, 3.63) is 36.0 Å². The largest absolute Gasteiger partial charge is 0.394 e. The number of unbranched alkanes of at least 4 members (excludes halogenated alkanes) is 24. The third-order valence-electron chi connectivity index (χ3n) is 11.4. The van der Waals surface area contributed by atoms with E-state index in [1.807, 2.05) is 6.08 Å². The molecule has 58 heavy (non-hydrogen) atoms. The Morgan fingerprint density at radius 2 is 1.16 bits per heavy atom. The van der Waals surface area contributed by atoms with Crippen molar-refractivity contribution >= 4 is 5.91 Å². The highest BCUT2D eigenvalue weighted by Gasteiger charge is 2.44. The van der Waals surface area contributed by atoms with Crippen LogP contribution in [0, 0.1) is 0 Å². The Balaban J connectivity index is 2.45. The Kier molecular flexibility index (Phi) is 34.8. The Hall–Kier alpha value is -1.63. The zero-order chi connectivity index (χ0) is 42.6. The maximum absolute atomic E-state index is 13.1. The molecular weight excluding hydrogens is 735 g/mol. The van der Waals surface area contributed by atoms with Gasteiger partial charge in [0.05, 0.1) is 25.4 Å². The summed E-state index contributed by atoms with van der Waals surface area (Å²) in [7, 11) is 0. The highest BCUT2D eigenvalue weighted by Crippen LogP contribution is 2.23. The van der Waals surface area contributed by atoms with Crippen molar-refractivity contribution in [1.29, 1.82) is 0 Å². The van der Waals surface area contributed by atoms with E-state index in [0.29, 0.717) is 19.3 Å². The summed E-state index contributed by atoms with van der Waals surface area (Å²) < 4.78 is 11.1. The first-order chi connectivity index (χ1) is 28.2. The highest BCUT2D eigenvalue weighted by atomic mass is 16.7. The monoisotopic (exact) mass is 824 g/mol. The van der Waals surface area contributed by atoms with Gasteiger partial charge in [-0.05, 0) is 39.0 Å². The molecule has 0 radical (unpaired) electrons. The van der Waals surface area contributed by atoms with Crippen LogP contribution in [0.4, 0.5) is 0 Å². The van der Waals surface area contributed by atoms with E-state index in [4.69, 9.17) is 9.47 Å². The van der Waals surface area contributed by atoms with Crippen molar-refractivity contribution in [3.8, 4) is 0 Å². The first kappa shape index (κ1) is 54.4. The Morgan fingerprint density at radius 3 is 1.67 bits per heavy atom. The zero-order valence-electron chi connectivity index (χ0n) is 37.1. The standard InChI is InChI=1S/C48H89NO9/c1-4-6-8-10-12-13-14-15-16-17-18-19-20-21-22-23-25-27-31-36-42(52)47(56)49-40(38-57-48-46(55)45(54)44(53)43(37-50)58-48)41(51)35-32-28-30-34-39(3)33-29-26-24-11-9-7-5-2/h29,32-35,40-46,48,50-55H,4-28,30-31,36-38H2,1-3H3,(H,49,56)/b33-29+,35-32+,39-34+. The number of allylic oxidation sites excluding steroid dienone is 5. The minimum absolute atomic E-state index is 0.301. The molecule has 0 spiro atoms. The third kappa shape index (κ3) is 27.3. The summed E-state index contributed by atoms with van der Waals surface area (Å²) in [6, 6.07) is -1.01. The quantitative estimate of drug-likeness (QED) is 0.0183. The average Bonchev–Trinajstić information content (AvgIpc) is 3.22. The van der Waals surface area contributed by atoms with E-state index in [9.17, 15) is 35.4 Å². The van der Waals surface area contributed by atoms with Gasteiger partial charge in [-0.3, -0.25) is 4.79 Å². The van der Waals surface area contributed by atoms with Gasteiger partial charge >= 0.3 is 0 Å². The van der Waals surface area contributed by atoms with Crippen LogP contribution in [0.3, 0.4) is 0 Å². The topological polar surface area (TPSA) is 169 Å². The molecule has 7 N–H and O–H groups in total. The van der Waals surface area contributed by atoms with Gasteiger partial charge in [-0.1, -0.05) is 197 Å². The molecule has 0 aromatic heterocycles. The number of hydrogen-bond acceptors (Lipinski definition) is 9. The first-order valence-corrected chi connectivity index (χ1v) is 23.7. The molecule has 0 aliphatic carbocycles. The molecule has 8 unspecified atom stereocenters. The second-order valence-corrected chi connectivity index (χ2v) is 16.9. The number of amides is 1. The molecule has 1 aliphatic rings. The molecule has 10 nitrogen and oxygen atoms in total. The predicted molar refractivity (Wildman–Crippen MR) is 236 cm³/mol. The maximum atomic E-state index is 13.1. The lowest BCUT2D eigenvalue weighted by Crippen LogP contribution is -2.60. The van der Waals surface area contributed by atoms with E-state index >= 15 is 0 Å². The second kappa shape index (κ2) is 37.2. The molecule has 1 fully saturated rings. The lowest BCUT2D eigenvalue weighted by Gasteiger charge is -2.40. The van der Waals surface area contributed by atoms with Crippen LogP contribution in [0.15, 0.2) is 36.0 Å². The number of hydrogen-bond donors (Lipinski definition) is 7. The summed E-state index contributed by atoms with van der Waals surface area (Å²) in [5, 5.41) is 64.7. The van der Waals surface area contributed by atoms with Gasteiger partial charge in [0.25, 0.3) is 0 Å². The van der Waals surface area contributed by atoms with Crippen molar-refractivity contribution in [2.75, 3.05) is 13.2 Å². The SMILES string of the molecule is CCCCCCC/C=C/C(C)=C/CC/C=C/C(O)C(COC1OC(CO)C(O)C(O)C1O)NC(=O)C(O)CCCCCCCCCCCCCCCCCCCCC. The fourth-order valence-electron chi connectivity index (χ4n) is 7.44. The molecule has 1 amide bonds. The minimum Gasteiger partial charge on any atom is -0.394 e. The van der Waals surface area contributed by atoms with E-state index in [2.05, 4.69) is 44.3 Å². The number of rotatable bonds is 38. The van der Waals surface area contributed by atoms with Gasteiger partial charge in [-0.2, -0.15) is 0 Å². The Labute approximate surface area is 354 Å². The molecule has 1 heterocycles. The van der Waals surface area contributed by atoms with Crippen LogP contribution < -0.4 is 5.32 Å². The first-order valence-electron chi connectivity index (χ1n) is 23.7. The highest BCUT2D eigenvalue weighted by molar-refractivity contribution is 5.80. The molecule has 1 rings (SSSR count). The van der Waals surface area contributed by atoms with Crippen LogP contribution in [-0.4, -0.2) is 98.7 Å². The molecule has 340 valence electrons. The minimum atomic E-state index is -1.62. The van der Waals surface area contributed by atoms with Crippen molar-refractivity contribution in [3.63, 3.8) is 0 Å². The number of nitrogens with one attached hydrogen (secondary N) is 1. The molecule has 1 saturated heterocycles. The maximum Gasteiger partial charge on any atom is 0.249 e. The molecule has 0 aromatic carbocycles.